The van der Waals surface area contributed by atoms with E-state index in [1.807, 2.05) is 0 Å². The highest BCUT2D eigenvalue weighted by Crippen LogP contribution is 2.32. The fraction of sp³-hybridized carbons (Fsp3) is 0.389. The molecule has 2 amide bonds. The summed E-state index contributed by atoms with van der Waals surface area (Å²) < 4.78 is 4.93. The number of esters is 1. The second kappa shape index (κ2) is 7.65. The Labute approximate surface area is 150 Å². The first kappa shape index (κ1) is 17.4. The van der Waals surface area contributed by atoms with Crippen molar-refractivity contribution < 1.29 is 14.3 Å². The molecule has 1 aliphatic carbocycles. The number of carbonyl (C=O) groups excluding carboxylic acids is 2. The van der Waals surface area contributed by atoms with E-state index < -0.39 is 0 Å². The largest absolute Gasteiger partial charge is 0.462 e. The predicted octanol–water partition coefficient (Wildman–Crippen LogP) is 4.09. The van der Waals surface area contributed by atoms with Crippen molar-refractivity contribution in [3.63, 3.8) is 0 Å². The van der Waals surface area contributed by atoms with Gasteiger partial charge in [0.25, 0.3) is 0 Å². The second-order valence-corrected chi connectivity index (χ2v) is 7.20. The molecule has 0 unspecified atom stereocenters. The van der Waals surface area contributed by atoms with Gasteiger partial charge in [-0.3, -0.25) is 5.32 Å². The summed E-state index contributed by atoms with van der Waals surface area (Å²) in [4.78, 5) is 29.5. The number of hydrogen-bond acceptors (Lipinski definition) is 5. The van der Waals surface area contributed by atoms with Gasteiger partial charge in [-0.2, -0.15) is 0 Å². The lowest BCUT2D eigenvalue weighted by molar-refractivity contribution is 0.0526. The minimum Gasteiger partial charge on any atom is -0.462 e. The van der Waals surface area contributed by atoms with Gasteiger partial charge in [0.05, 0.1) is 17.9 Å². The molecular weight excluding hydrogens is 338 g/mol. The predicted molar refractivity (Wildman–Crippen MR) is 98.3 cm³/mol. The summed E-state index contributed by atoms with van der Waals surface area (Å²) in [5, 5.41) is 6.15. The summed E-state index contributed by atoms with van der Waals surface area (Å²) >= 11 is 1.55. The highest BCUT2D eigenvalue weighted by atomic mass is 32.1. The Hall–Kier alpha value is -2.41. The number of nitrogens with one attached hydrogen (secondary N) is 2. The molecule has 2 N–H and O–H groups in total. The Morgan fingerprint density at radius 2 is 2.04 bits per heavy atom. The molecule has 3 rings (SSSR count). The van der Waals surface area contributed by atoms with Crippen molar-refractivity contribution in [3.8, 4) is 0 Å². The molecule has 0 radical (unpaired) electrons. The average molecular weight is 359 g/mol. The number of aryl methyl sites for hydroxylation is 1. The van der Waals surface area contributed by atoms with Crippen LogP contribution in [0.2, 0.25) is 0 Å². The van der Waals surface area contributed by atoms with Gasteiger partial charge in [0.2, 0.25) is 0 Å². The van der Waals surface area contributed by atoms with Crippen LogP contribution in [0.25, 0.3) is 0 Å². The molecule has 0 aliphatic heterocycles. The summed E-state index contributed by atoms with van der Waals surface area (Å²) in [5.74, 6) is 0.300. The highest BCUT2D eigenvalue weighted by Gasteiger charge is 2.20. The van der Waals surface area contributed by atoms with Gasteiger partial charge in [-0.15, -0.1) is 11.3 Å². The topological polar surface area (TPSA) is 80.3 Å². The summed E-state index contributed by atoms with van der Waals surface area (Å²) in [6, 6.07) is 6.23. The standard InChI is InChI=1S/C18H21N3O3S/c1-3-24-16(22)12-5-7-13(8-6-12)19-17(23)21-18-20-14-9-4-11(2)10-15(14)25-18/h5-8,11H,3-4,9-10H2,1-2H3,(H2,19,20,21,23)/t11-/m0/s1. The van der Waals surface area contributed by atoms with E-state index in [9.17, 15) is 9.59 Å². The average Bonchev–Trinajstić information content (AvgIpc) is 2.96. The molecule has 1 atom stereocenters. The van der Waals surface area contributed by atoms with Gasteiger partial charge in [0.15, 0.2) is 5.13 Å². The van der Waals surface area contributed by atoms with Crippen molar-refractivity contribution in [2.24, 2.45) is 5.92 Å². The molecule has 2 aromatic rings. The van der Waals surface area contributed by atoms with Crippen LogP contribution >= 0.6 is 11.3 Å². The molecule has 0 fully saturated rings. The fourth-order valence-electron chi connectivity index (χ4n) is 2.76. The van der Waals surface area contributed by atoms with E-state index >= 15 is 0 Å². The number of thiazole rings is 1. The van der Waals surface area contributed by atoms with Crippen molar-refractivity contribution in [1.29, 1.82) is 0 Å². The molecule has 1 aromatic carbocycles. The van der Waals surface area contributed by atoms with E-state index in [1.165, 1.54) is 4.88 Å². The molecular formula is C18H21N3O3S. The second-order valence-electron chi connectivity index (χ2n) is 6.11. The SMILES string of the molecule is CCOC(=O)c1ccc(NC(=O)Nc2nc3c(s2)C[C@@H](C)CC3)cc1. The van der Waals surface area contributed by atoms with Crippen LogP contribution in [-0.2, 0) is 17.6 Å². The Kier molecular flexibility index (Phi) is 5.33. The Morgan fingerprint density at radius 1 is 1.28 bits per heavy atom. The molecule has 0 saturated carbocycles. The highest BCUT2D eigenvalue weighted by molar-refractivity contribution is 7.15. The van der Waals surface area contributed by atoms with E-state index in [0.717, 1.165) is 25.0 Å². The number of fused-ring (bicyclic) bond motifs is 1. The van der Waals surface area contributed by atoms with Gasteiger partial charge in [0.1, 0.15) is 0 Å². The smallest absolute Gasteiger partial charge is 0.338 e. The van der Waals surface area contributed by atoms with Crippen LogP contribution in [0.3, 0.4) is 0 Å². The van der Waals surface area contributed by atoms with Gasteiger partial charge < -0.3 is 10.1 Å². The maximum Gasteiger partial charge on any atom is 0.338 e. The van der Waals surface area contributed by atoms with Gasteiger partial charge >= 0.3 is 12.0 Å². The minimum atomic E-state index is -0.374. The summed E-state index contributed by atoms with van der Waals surface area (Å²) in [6.45, 7) is 4.33. The third-order valence-corrected chi connectivity index (χ3v) is 5.10. The van der Waals surface area contributed by atoms with Crippen LogP contribution < -0.4 is 10.6 Å². The maximum atomic E-state index is 12.1. The quantitative estimate of drug-likeness (QED) is 0.806. The van der Waals surface area contributed by atoms with Gasteiger partial charge in [-0.1, -0.05) is 6.92 Å². The first-order chi connectivity index (χ1) is 12.0. The number of rotatable bonds is 4. The summed E-state index contributed by atoms with van der Waals surface area (Å²) in [5.41, 5.74) is 2.16. The monoisotopic (exact) mass is 359 g/mol. The minimum absolute atomic E-state index is 0.331. The summed E-state index contributed by atoms with van der Waals surface area (Å²) in [7, 11) is 0. The number of benzene rings is 1. The third-order valence-electron chi connectivity index (χ3n) is 4.06. The van der Waals surface area contributed by atoms with Crippen molar-refractivity contribution in [3.05, 3.63) is 40.4 Å². The van der Waals surface area contributed by atoms with E-state index in [-0.39, 0.29) is 12.0 Å². The zero-order valence-corrected chi connectivity index (χ0v) is 15.1. The van der Waals surface area contributed by atoms with Gasteiger partial charge in [-0.25, -0.2) is 14.6 Å². The van der Waals surface area contributed by atoms with E-state index in [1.54, 1.807) is 42.5 Å². The molecule has 6 nitrogen and oxygen atoms in total. The molecule has 25 heavy (non-hydrogen) atoms. The van der Waals surface area contributed by atoms with Crippen LogP contribution in [0.4, 0.5) is 15.6 Å². The van der Waals surface area contributed by atoms with Gasteiger partial charge in [-0.05, 0) is 56.4 Å². The lowest BCUT2D eigenvalue weighted by Gasteiger charge is -2.15. The lowest BCUT2D eigenvalue weighted by atomic mass is 9.93. The first-order valence-electron chi connectivity index (χ1n) is 8.39. The number of anilines is 2. The number of carbonyl (C=O) groups is 2. The van der Waals surface area contributed by atoms with E-state index in [0.29, 0.717) is 28.9 Å². The normalized spacial score (nSPS) is 16.0. The van der Waals surface area contributed by atoms with Crippen LogP contribution in [0.5, 0.6) is 0 Å². The number of amides is 2. The summed E-state index contributed by atoms with van der Waals surface area (Å²) in [6.07, 6.45) is 3.16. The number of aromatic nitrogens is 1. The molecule has 7 heteroatoms. The van der Waals surface area contributed by atoms with Crippen molar-refractivity contribution >= 4 is 34.2 Å². The molecule has 1 aromatic heterocycles. The number of urea groups is 1. The molecule has 1 heterocycles. The zero-order chi connectivity index (χ0) is 17.8. The van der Waals surface area contributed by atoms with Crippen LogP contribution in [0.1, 0.15) is 41.2 Å². The number of nitrogens with zero attached hydrogens (tertiary/aromatic N) is 1. The molecule has 0 bridgehead atoms. The van der Waals surface area contributed by atoms with Crippen LogP contribution in [0.15, 0.2) is 24.3 Å². The van der Waals surface area contributed by atoms with Crippen LogP contribution in [0, 0.1) is 5.92 Å². The van der Waals surface area contributed by atoms with E-state index in [4.69, 9.17) is 4.74 Å². The number of ether oxygens (including phenoxy) is 1. The molecule has 1 aliphatic rings. The van der Waals surface area contributed by atoms with Crippen molar-refractivity contribution in [2.45, 2.75) is 33.1 Å². The first-order valence-corrected chi connectivity index (χ1v) is 9.20. The Bertz CT molecular complexity index is 770. The molecule has 0 spiro atoms. The van der Waals surface area contributed by atoms with Crippen molar-refractivity contribution in [2.75, 3.05) is 17.2 Å². The lowest BCUT2D eigenvalue weighted by Crippen LogP contribution is -2.19. The molecule has 132 valence electrons. The van der Waals surface area contributed by atoms with E-state index in [2.05, 4.69) is 22.5 Å². The fourth-order valence-corrected chi connectivity index (χ4v) is 3.92. The molecule has 0 saturated heterocycles. The Morgan fingerprint density at radius 3 is 2.76 bits per heavy atom. The number of hydrogen-bond donors (Lipinski definition) is 2. The van der Waals surface area contributed by atoms with Crippen LogP contribution in [-0.4, -0.2) is 23.6 Å². The zero-order valence-electron chi connectivity index (χ0n) is 14.3. The Balaban J connectivity index is 1.58. The maximum absolute atomic E-state index is 12.1. The van der Waals surface area contributed by atoms with Gasteiger partial charge in [0, 0.05) is 10.6 Å². The van der Waals surface area contributed by atoms with Crippen molar-refractivity contribution in [1.82, 2.24) is 4.98 Å². The third kappa shape index (κ3) is 4.36.